The van der Waals surface area contributed by atoms with E-state index in [1.54, 1.807) is 9.80 Å². The first kappa shape index (κ1) is 14.1. The highest BCUT2D eigenvalue weighted by Gasteiger charge is 2.28. The number of amides is 2. The van der Waals surface area contributed by atoms with Crippen LogP contribution in [0, 0.1) is 0 Å². The first-order valence-electron chi connectivity index (χ1n) is 7.50. The van der Waals surface area contributed by atoms with Gasteiger partial charge in [0.2, 0.25) is 11.8 Å². The lowest BCUT2D eigenvalue weighted by Crippen LogP contribution is -2.48. The zero-order valence-corrected chi connectivity index (χ0v) is 12.4. The van der Waals surface area contributed by atoms with Crippen LogP contribution < -0.4 is 4.90 Å². The van der Waals surface area contributed by atoms with Gasteiger partial charge in [-0.05, 0) is 25.1 Å². The van der Waals surface area contributed by atoms with Gasteiger partial charge in [-0.25, -0.2) is 0 Å². The van der Waals surface area contributed by atoms with Crippen LogP contribution in [0.1, 0.15) is 12.0 Å². The molecule has 0 bridgehead atoms. The highest BCUT2D eigenvalue weighted by Crippen LogP contribution is 2.27. The van der Waals surface area contributed by atoms with Gasteiger partial charge in [0.1, 0.15) is 6.42 Å². The van der Waals surface area contributed by atoms with Crippen molar-refractivity contribution < 1.29 is 9.59 Å². The van der Waals surface area contributed by atoms with Crippen molar-refractivity contribution >= 4 is 17.5 Å². The molecule has 0 spiro atoms. The van der Waals surface area contributed by atoms with Crippen molar-refractivity contribution in [2.75, 3.05) is 44.7 Å². The van der Waals surface area contributed by atoms with Crippen molar-refractivity contribution in [3.8, 4) is 0 Å². The minimum absolute atomic E-state index is 0.0158. The first-order valence-corrected chi connectivity index (χ1v) is 7.50. The zero-order valence-electron chi connectivity index (χ0n) is 12.4. The normalized spacial score (nSPS) is 18.7. The lowest BCUT2D eigenvalue weighted by atomic mass is 10.2. The Morgan fingerprint density at radius 3 is 2.48 bits per heavy atom. The third-order valence-electron chi connectivity index (χ3n) is 4.35. The number of rotatable bonds is 2. The van der Waals surface area contributed by atoms with E-state index in [1.165, 1.54) is 5.56 Å². The van der Waals surface area contributed by atoms with Gasteiger partial charge in [-0.1, -0.05) is 18.2 Å². The SMILES string of the molecule is CN1CCN(C(=O)CC(=O)N2CCc3ccccc32)CC1. The summed E-state index contributed by atoms with van der Waals surface area (Å²) in [5.74, 6) is -0.124. The Bertz CT molecular complexity index is 550. The Hall–Kier alpha value is -1.88. The van der Waals surface area contributed by atoms with Gasteiger partial charge in [0, 0.05) is 38.4 Å². The Morgan fingerprint density at radius 2 is 1.71 bits per heavy atom. The second-order valence-electron chi connectivity index (χ2n) is 5.78. The summed E-state index contributed by atoms with van der Waals surface area (Å²) in [6, 6.07) is 7.93. The number of nitrogens with zero attached hydrogens (tertiary/aromatic N) is 3. The third kappa shape index (κ3) is 2.93. The van der Waals surface area contributed by atoms with E-state index in [2.05, 4.69) is 4.90 Å². The molecule has 3 rings (SSSR count). The summed E-state index contributed by atoms with van der Waals surface area (Å²) < 4.78 is 0. The van der Waals surface area contributed by atoms with Crippen molar-refractivity contribution in [3.05, 3.63) is 29.8 Å². The van der Waals surface area contributed by atoms with Gasteiger partial charge in [-0.2, -0.15) is 0 Å². The van der Waals surface area contributed by atoms with Crippen molar-refractivity contribution in [1.82, 2.24) is 9.80 Å². The summed E-state index contributed by atoms with van der Waals surface area (Å²) >= 11 is 0. The molecule has 0 unspecified atom stereocenters. The molecule has 2 heterocycles. The summed E-state index contributed by atoms with van der Waals surface area (Å²) in [5.41, 5.74) is 2.16. The number of fused-ring (bicyclic) bond motifs is 1. The van der Waals surface area contributed by atoms with Crippen molar-refractivity contribution in [1.29, 1.82) is 0 Å². The molecule has 5 heteroatoms. The molecule has 0 aromatic heterocycles. The van der Waals surface area contributed by atoms with Crippen molar-refractivity contribution in [2.24, 2.45) is 0 Å². The number of hydrogen-bond acceptors (Lipinski definition) is 3. The van der Waals surface area contributed by atoms with Crippen molar-refractivity contribution in [3.63, 3.8) is 0 Å². The Labute approximate surface area is 125 Å². The number of carbonyl (C=O) groups excluding carboxylic acids is 2. The molecule has 5 nitrogen and oxygen atoms in total. The van der Waals surface area contributed by atoms with Gasteiger partial charge >= 0.3 is 0 Å². The monoisotopic (exact) mass is 287 g/mol. The maximum atomic E-state index is 12.4. The molecule has 0 radical (unpaired) electrons. The van der Waals surface area contributed by atoms with E-state index in [0.29, 0.717) is 6.54 Å². The summed E-state index contributed by atoms with van der Waals surface area (Å²) in [5, 5.41) is 0. The molecule has 1 aromatic rings. The van der Waals surface area contributed by atoms with Crippen LogP contribution in [0.15, 0.2) is 24.3 Å². The highest BCUT2D eigenvalue weighted by atomic mass is 16.2. The molecule has 1 aromatic carbocycles. The second-order valence-corrected chi connectivity index (χ2v) is 5.78. The van der Waals surface area contributed by atoms with Crippen LogP contribution in [0.3, 0.4) is 0 Å². The number of piperazine rings is 1. The third-order valence-corrected chi connectivity index (χ3v) is 4.35. The fourth-order valence-electron chi connectivity index (χ4n) is 2.99. The molecule has 0 N–H and O–H groups in total. The maximum Gasteiger partial charge on any atom is 0.236 e. The van der Waals surface area contributed by atoms with E-state index in [-0.39, 0.29) is 18.2 Å². The minimum atomic E-state index is -0.0797. The second kappa shape index (κ2) is 5.85. The first-order chi connectivity index (χ1) is 10.1. The average molecular weight is 287 g/mol. The fourth-order valence-corrected chi connectivity index (χ4v) is 2.99. The molecule has 1 saturated heterocycles. The lowest BCUT2D eigenvalue weighted by Gasteiger charge is -2.32. The van der Waals surface area contributed by atoms with Crippen LogP contribution >= 0.6 is 0 Å². The molecule has 0 saturated carbocycles. The molecule has 0 aliphatic carbocycles. The highest BCUT2D eigenvalue weighted by molar-refractivity contribution is 6.06. The Kier molecular flexibility index (Phi) is 3.92. The number of benzene rings is 1. The molecule has 2 amide bonds. The summed E-state index contributed by atoms with van der Waals surface area (Å²) in [7, 11) is 2.05. The predicted molar refractivity (Wildman–Crippen MR) is 81.2 cm³/mol. The van der Waals surface area contributed by atoms with E-state index in [4.69, 9.17) is 0 Å². The van der Waals surface area contributed by atoms with Gasteiger partial charge < -0.3 is 14.7 Å². The van der Waals surface area contributed by atoms with Gasteiger partial charge in [-0.3, -0.25) is 9.59 Å². The number of para-hydroxylation sites is 1. The van der Waals surface area contributed by atoms with Gasteiger partial charge in [-0.15, -0.1) is 0 Å². The topological polar surface area (TPSA) is 43.9 Å². The standard InChI is InChI=1S/C16H21N3O2/c1-17-8-10-18(11-9-17)15(20)12-16(21)19-7-6-13-4-2-3-5-14(13)19/h2-5H,6-12H2,1H3. The van der Waals surface area contributed by atoms with Crippen molar-refractivity contribution in [2.45, 2.75) is 12.8 Å². The number of anilines is 1. The van der Waals surface area contributed by atoms with Crippen LogP contribution in [0.25, 0.3) is 0 Å². The largest absolute Gasteiger partial charge is 0.340 e. The molecule has 2 aliphatic rings. The lowest BCUT2D eigenvalue weighted by molar-refractivity contribution is -0.136. The molecule has 21 heavy (non-hydrogen) atoms. The predicted octanol–water partition coefficient (Wildman–Crippen LogP) is 0.740. The molecular weight excluding hydrogens is 266 g/mol. The van der Waals surface area contributed by atoms with E-state index in [9.17, 15) is 9.59 Å². The summed E-state index contributed by atoms with van der Waals surface area (Å²) in [6.07, 6.45) is 0.864. The molecular formula is C16H21N3O2. The molecule has 112 valence electrons. The molecule has 2 aliphatic heterocycles. The summed E-state index contributed by atoms with van der Waals surface area (Å²) in [4.78, 5) is 30.4. The number of hydrogen-bond donors (Lipinski definition) is 0. The number of likely N-dealkylation sites (N-methyl/N-ethyl adjacent to an activating group) is 1. The van der Waals surface area contributed by atoms with E-state index >= 15 is 0 Å². The van der Waals surface area contributed by atoms with E-state index < -0.39 is 0 Å². The van der Waals surface area contributed by atoms with Crippen LogP contribution in [0.2, 0.25) is 0 Å². The Morgan fingerprint density at radius 1 is 1.00 bits per heavy atom. The van der Waals surface area contributed by atoms with Gasteiger partial charge in [0.25, 0.3) is 0 Å². The van der Waals surface area contributed by atoms with Gasteiger partial charge in [0.05, 0.1) is 0 Å². The maximum absolute atomic E-state index is 12.4. The molecule has 1 fully saturated rings. The van der Waals surface area contributed by atoms with Gasteiger partial charge in [0.15, 0.2) is 0 Å². The van der Waals surface area contributed by atoms with E-state index in [0.717, 1.165) is 38.3 Å². The minimum Gasteiger partial charge on any atom is -0.340 e. The smallest absolute Gasteiger partial charge is 0.236 e. The Balaban J connectivity index is 1.61. The fraction of sp³-hybridized carbons (Fsp3) is 0.500. The van der Waals surface area contributed by atoms with E-state index in [1.807, 2.05) is 31.3 Å². The summed E-state index contributed by atoms with van der Waals surface area (Å²) in [6.45, 7) is 3.89. The van der Waals surface area contributed by atoms with Crippen LogP contribution in [0.5, 0.6) is 0 Å². The van der Waals surface area contributed by atoms with Crippen LogP contribution in [-0.2, 0) is 16.0 Å². The average Bonchev–Trinajstić information content (AvgIpc) is 2.92. The van der Waals surface area contributed by atoms with Crippen LogP contribution in [-0.4, -0.2) is 61.4 Å². The van der Waals surface area contributed by atoms with Crippen LogP contribution in [0.4, 0.5) is 5.69 Å². The number of carbonyl (C=O) groups is 2. The zero-order chi connectivity index (χ0) is 14.8. The quantitative estimate of drug-likeness (QED) is 0.754. The molecule has 0 atom stereocenters.